The molecule has 100 valence electrons. The van der Waals surface area contributed by atoms with Gasteiger partial charge in [-0.3, -0.25) is 0 Å². The van der Waals surface area contributed by atoms with Crippen LogP contribution in [0.2, 0.25) is 0 Å². The predicted molar refractivity (Wildman–Crippen MR) is 76.5 cm³/mol. The number of hydrogen-bond acceptors (Lipinski definition) is 2. The third-order valence-electron chi connectivity index (χ3n) is 3.29. The molecule has 0 atom stereocenters. The van der Waals surface area contributed by atoms with E-state index in [1.165, 1.54) is 24.1 Å². The molecule has 0 aliphatic heterocycles. The molecule has 1 fully saturated rings. The Hall–Kier alpha value is -1.09. The zero-order chi connectivity index (χ0) is 13.2. The van der Waals surface area contributed by atoms with Crippen molar-refractivity contribution in [3.8, 4) is 0 Å². The molecule has 2 rings (SSSR count). The number of imidazole rings is 1. The highest BCUT2D eigenvalue weighted by molar-refractivity contribution is 5.49. The smallest absolute Gasteiger partial charge is 0.0953 e. The van der Waals surface area contributed by atoms with E-state index in [0.717, 1.165) is 13.0 Å². The van der Waals surface area contributed by atoms with Crippen molar-refractivity contribution in [1.29, 1.82) is 0 Å². The van der Waals surface area contributed by atoms with Crippen molar-refractivity contribution in [3.63, 3.8) is 0 Å². The first-order valence-corrected chi connectivity index (χ1v) is 6.96. The number of hydrogen-bond donors (Lipinski definition) is 1. The van der Waals surface area contributed by atoms with Crippen LogP contribution in [0.1, 0.15) is 58.7 Å². The molecule has 0 bridgehead atoms. The van der Waals surface area contributed by atoms with Crippen LogP contribution < -0.4 is 5.32 Å². The van der Waals surface area contributed by atoms with Gasteiger partial charge in [0.1, 0.15) is 0 Å². The first-order valence-electron chi connectivity index (χ1n) is 6.96. The summed E-state index contributed by atoms with van der Waals surface area (Å²) in [6, 6.07) is 0.701. The van der Waals surface area contributed by atoms with E-state index in [-0.39, 0.29) is 5.54 Å². The molecular formula is C15H25N3. The third-order valence-corrected chi connectivity index (χ3v) is 3.29. The van der Waals surface area contributed by atoms with Gasteiger partial charge in [-0.05, 0) is 46.1 Å². The van der Waals surface area contributed by atoms with E-state index < -0.39 is 0 Å². The normalized spacial score (nSPS) is 17.2. The molecule has 0 saturated heterocycles. The molecule has 0 radical (unpaired) electrons. The molecule has 1 aliphatic carbocycles. The molecule has 1 N–H and O–H groups in total. The molecule has 1 saturated carbocycles. The van der Waals surface area contributed by atoms with Gasteiger partial charge in [-0.1, -0.05) is 12.5 Å². The summed E-state index contributed by atoms with van der Waals surface area (Å²) >= 11 is 0. The van der Waals surface area contributed by atoms with E-state index in [1.807, 2.05) is 12.5 Å². The van der Waals surface area contributed by atoms with Gasteiger partial charge in [0.15, 0.2) is 0 Å². The summed E-state index contributed by atoms with van der Waals surface area (Å²) in [5, 5.41) is 3.55. The maximum atomic E-state index is 4.28. The van der Waals surface area contributed by atoms with Crippen LogP contribution >= 0.6 is 0 Å². The Bertz CT molecular complexity index is 419. The van der Waals surface area contributed by atoms with Crippen LogP contribution in [0.3, 0.4) is 0 Å². The summed E-state index contributed by atoms with van der Waals surface area (Å²) in [5.41, 5.74) is 2.86. The second-order valence-corrected chi connectivity index (χ2v) is 6.22. The van der Waals surface area contributed by atoms with Crippen molar-refractivity contribution >= 4 is 6.08 Å². The summed E-state index contributed by atoms with van der Waals surface area (Å²) in [7, 11) is 0. The van der Waals surface area contributed by atoms with E-state index in [9.17, 15) is 0 Å². The molecule has 18 heavy (non-hydrogen) atoms. The minimum atomic E-state index is 0.172. The van der Waals surface area contributed by atoms with Crippen LogP contribution in [0.15, 0.2) is 18.1 Å². The van der Waals surface area contributed by atoms with E-state index in [2.05, 4.69) is 48.6 Å². The molecule has 1 aromatic rings. The van der Waals surface area contributed by atoms with Crippen LogP contribution in [0.25, 0.3) is 6.08 Å². The number of aromatic nitrogens is 2. The van der Waals surface area contributed by atoms with Gasteiger partial charge in [-0.2, -0.15) is 0 Å². The van der Waals surface area contributed by atoms with Gasteiger partial charge in [0.25, 0.3) is 0 Å². The molecule has 0 aromatic carbocycles. The van der Waals surface area contributed by atoms with E-state index in [4.69, 9.17) is 0 Å². The first-order chi connectivity index (χ1) is 8.49. The third kappa shape index (κ3) is 3.70. The van der Waals surface area contributed by atoms with E-state index in [0.29, 0.717) is 6.04 Å². The molecular weight excluding hydrogens is 222 g/mol. The summed E-state index contributed by atoms with van der Waals surface area (Å²) in [6.07, 6.45) is 9.93. The van der Waals surface area contributed by atoms with Gasteiger partial charge < -0.3 is 9.88 Å². The lowest BCUT2D eigenvalue weighted by Gasteiger charge is -2.21. The monoisotopic (exact) mass is 247 g/mol. The fraction of sp³-hybridized carbons (Fsp3) is 0.667. The van der Waals surface area contributed by atoms with Crippen molar-refractivity contribution in [1.82, 2.24) is 14.9 Å². The number of nitrogens with one attached hydrogen (secondary N) is 1. The highest BCUT2D eigenvalue weighted by Gasteiger charge is 2.24. The van der Waals surface area contributed by atoms with Gasteiger partial charge in [0.2, 0.25) is 0 Å². The lowest BCUT2D eigenvalue weighted by atomic mass is 10.1. The SMILES string of the molecule is CCC(=Cc1cncn1C1CC1)CNC(C)(C)C. The Kier molecular flexibility index (Phi) is 3.91. The van der Waals surface area contributed by atoms with Crippen molar-refractivity contribution in [3.05, 3.63) is 23.8 Å². The number of rotatable bonds is 5. The molecule has 1 aliphatic rings. The first kappa shape index (κ1) is 13.3. The molecule has 3 heteroatoms. The van der Waals surface area contributed by atoms with Crippen LogP contribution in [0.5, 0.6) is 0 Å². The minimum Gasteiger partial charge on any atom is -0.328 e. The van der Waals surface area contributed by atoms with Gasteiger partial charge in [-0.25, -0.2) is 4.98 Å². The van der Waals surface area contributed by atoms with Gasteiger partial charge in [-0.15, -0.1) is 0 Å². The van der Waals surface area contributed by atoms with Crippen molar-refractivity contribution < 1.29 is 0 Å². The zero-order valence-corrected chi connectivity index (χ0v) is 12.0. The van der Waals surface area contributed by atoms with Crippen LogP contribution in [-0.2, 0) is 0 Å². The Morgan fingerprint density at radius 3 is 2.78 bits per heavy atom. The number of nitrogens with zero attached hydrogens (tertiary/aromatic N) is 2. The standard InChI is InChI=1S/C15H25N3/c1-5-12(9-17-15(2,3)4)8-14-10-16-11-18(14)13-6-7-13/h8,10-11,13,17H,5-7,9H2,1-4H3. The summed E-state index contributed by atoms with van der Waals surface area (Å²) in [6.45, 7) is 9.78. The second-order valence-electron chi connectivity index (χ2n) is 6.22. The molecule has 1 aromatic heterocycles. The average molecular weight is 247 g/mol. The fourth-order valence-corrected chi connectivity index (χ4v) is 1.95. The van der Waals surface area contributed by atoms with Gasteiger partial charge in [0.05, 0.1) is 18.2 Å². The van der Waals surface area contributed by atoms with E-state index >= 15 is 0 Å². The molecule has 1 heterocycles. The van der Waals surface area contributed by atoms with Crippen LogP contribution in [0, 0.1) is 0 Å². The molecule has 3 nitrogen and oxygen atoms in total. The summed E-state index contributed by atoms with van der Waals surface area (Å²) < 4.78 is 2.31. The zero-order valence-electron chi connectivity index (χ0n) is 12.0. The maximum absolute atomic E-state index is 4.28. The second kappa shape index (κ2) is 5.27. The van der Waals surface area contributed by atoms with E-state index in [1.54, 1.807) is 0 Å². The Morgan fingerprint density at radius 1 is 1.50 bits per heavy atom. The molecule has 0 amide bonds. The van der Waals surface area contributed by atoms with Crippen molar-refractivity contribution in [2.24, 2.45) is 0 Å². The van der Waals surface area contributed by atoms with Gasteiger partial charge >= 0.3 is 0 Å². The lowest BCUT2D eigenvalue weighted by molar-refractivity contribution is 0.443. The van der Waals surface area contributed by atoms with Crippen molar-refractivity contribution in [2.75, 3.05) is 6.54 Å². The minimum absolute atomic E-state index is 0.172. The Morgan fingerprint density at radius 2 is 2.22 bits per heavy atom. The molecule has 0 spiro atoms. The van der Waals surface area contributed by atoms with Crippen LogP contribution in [0.4, 0.5) is 0 Å². The van der Waals surface area contributed by atoms with Gasteiger partial charge in [0, 0.05) is 18.1 Å². The Balaban J connectivity index is 2.06. The average Bonchev–Trinajstić information content (AvgIpc) is 3.04. The highest BCUT2D eigenvalue weighted by atomic mass is 15.1. The topological polar surface area (TPSA) is 29.9 Å². The highest BCUT2D eigenvalue weighted by Crippen LogP contribution is 2.36. The van der Waals surface area contributed by atoms with Crippen molar-refractivity contribution in [2.45, 2.75) is 58.5 Å². The van der Waals surface area contributed by atoms with Crippen LogP contribution in [-0.4, -0.2) is 21.6 Å². The summed E-state index contributed by atoms with van der Waals surface area (Å²) in [5.74, 6) is 0. The largest absolute Gasteiger partial charge is 0.328 e. The molecule has 0 unspecified atom stereocenters. The predicted octanol–water partition coefficient (Wildman–Crippen LogP) is 3.40. The lowest BCUT2D eigenvalue weighted by Crippen LogP contribution is -2.37. The maximum Gasteiger partial charge on any atom is 0.0953 e. The summed E-state index contributed by atoms with van der Waals surface area (Å²) in [4.78, 5) is 4.28. The fourth-order valence-electron chi connectivity index (χ4n) is 1.95. The Labute approximate surface area is 110 Å². The quantitative estimate of drug-likeness (QED) is 0.864.